The third kappa shape index (κ3) is 2.27. The molecule has 2 atom stereocenters. The van der Waals surface area contributed by atoms with Crippen LogP contribution in [0.25, 0.3) is 0 Å². The summed E-state index contributed by atoms with van der Waals surface area (Å²) >= 11 is 5.74. The van der Waals surface area contributed by atoms with Crippen LogP contribution in [-0.4, -0.2) is 11.4 Å². The number of hydrogen-bond donors (Lipinski definition) is 1. The SMILES string of the molecule is N#CC1(NC(=O)C2CCC2c2ccc(Cl)cc2F)CC1. The van der Waals surface area contributed by atoms with Gasteiger partial charge in [-0.05, 0) is 49.3 Å². The highest BCUT2D eigenvalue weighted by Crippen LogP contribution is 2.45. The van der Waals surface area contributed by atoms with E-state index in [-0.39, 0.29) is 23.6 Å². The van der Waals surface area contributed by atoms with Crippen LogP contribution in [0.15, 0.2) is 18.2 Å². The van der Waals surface area contributed by atoms with Gasteiger partial charge >= 0.3 is 0 Å². The van der Waals surface area contributed by atoms with Crippen molar-refractivity contribution in [1.29, 1.82) is 5.26 Å². The van der Waals surface area contributed by atoms with Gasteiger partial charge in [0.25, 0.3) is 0 Å². The Morgan fingerprint density at radius 3 is 2.70 bits per heavy atom. The fourth-order valence-electron chi connectivity index (χ4n) is 2.71. The number of amides is 1. The molecular weight excluding hydrogens is 279 g/mol. The summed E-state index contributed by atoms with van der Waals surface area (Å²) in [4.78, 5) is 12.2. The molecule has 1 N–H and O–H groups in total. The van der Waals surface area contributed by atoms with E-state index in [4.69, 9.17) is 16.9 Å². The van der Waals surface area contributed by atoms with E-state index in [1.165, 1.54) is 6.07 Å². The van der Waals surface area contributed by atoms with Gasteiger partial charge in [-0.3, -0.25) is 4.79 Å². The number of nitrogens with zero attached hydrogens (tertiary/aromatic N) is 1. The molecule has 1 aromatic carbocycles. The summed E-state index contributed by atoms with van der Waals surface area (Å²) in [5.41, 5.74) is -0.113. The van der Waals surface area contributed by atoms with Gasteiger partial charge in [0.2, 0.25) is 5.91 Å². The number of carbonyl (C=O) groups excluding carboxylic acids is 1. The van der Waals surface area contributed by atoms with E-state index in [1.807, 2.05) is 0 Å². The van der Waals surface area contributed by atoms with Crippen LogP contribution >= 0.6 is 11.6 Å². The summed E-state index contributed by atoms with van der Waals surface area (Å²) in [6.45, 7) is 0. The summed E-state index contributed by atoms with van der Waals surface area (Å²) in [5.74, 6) is -0.839. The second-order valence-electron chi connectivity index (χ2n) is 5.64. The van der Waals surface area contributed by atoms with Crippen molar-refractivity contribution in [2.75, 3.05) is 0 Å². The Labute approximate surface area is 121 Å². The van der Waals surface area contributed by atoms with Crippen LogP contribution in [0, 0.1) is 23.1 Å². The number of benzene rings is 1. The van der Waals surface area contributed by atoms with Crippen LogP contribution < -0.4 is 5.32 Å². The fraction of sp³-hybridized carbons (Fsp3) is 0.467. The molecule has 2 saturated carbocycles. The lowest BCUT2D eigenvalue weighted by Crippen LogP contribution is -2.45. The van der Waals surface area contributed by atoms with Crippen molar-refractivity contribution in [2.45, 2.75) is 37.1 Å². The molecule has 0 heterocycles. The Balaban J connectivity index is 1.73. The molecule has 0 bridgehead atoms. The third-order valence-corrected chi connectivity index (χ3v) is 4.53. The number of carbonyl (C=O) groups is 1. The normalized spacial score (nSPS) is 26.2. The summed E-state index contributed by atoms with van der Waals surface area (Å²) in [6.07, 6.45) is 2.94. The largest absolute Gasteiger partial charge is 0.338 e. The van der Waals surface area contributed by atoms with Crippen molar-refractivity contribution in [2.24, 2.45) is 5.92 Å². The van der Waals surface area contributed by atoms with Gasteiger partial charge in [0.1, 0.15) is 11.4 Å². The minimum Gasteiger partial charge on any atom is -0.338 e. The zero-order chi connectivity index (χ0) is 14.3. The van der Waals surface area contributed by atoms with E-state index >= 15 is 0 Å². The Kier molecular flexibility index (Phi) is 3.18. The number of nitriles is 1. The molecular formula is C15H14ClFN2O. The van der Waals surface area contributed by atoms with Gasteiger partial charge in [0.15, 0.2) is 0 Å². The average molecular weight is 293 g/mol. The number of hydrogen-bond acceptors (Lipinski definition) is 2. The van der Waals surface area contributed by atoms with E-state index in [9.17, 15) is 9.18 Å². The molecule has 2 aliphatic rings. The Hall–Kier alpha value is -1.60. The van der Waals surface area contributed by atoms with Crippen LogP contribution in [-0.2, 0) is 4.79 Å². The summed E-state index contributed by atoms with van der Waals surface area (Å²) < 4.78 is 13.9. The lowest BCUT2D eigenvalue weighted by atomic mass is 9.69. The molecule has 2 fully saturated rings. The van der Waals surface area contributed by atoms with E-state index in [0.29, 0.717) is 23.4 Å². The van der Waals surface area contributed by atoms with Crippen LogP contribution in [0.5, 0.6) is 0 Å². The monoisotopic (exact) mass is 292 g/mol. The highest BCUT2D eigenvalue weighted by molar-refractivity contribution is 6.30. The summed E-state index contributed by atoms with van der Waals surface area (Å²) in [5, 5.41) is 12.2. The Bertz CT molecular complexity index is 606. The van der Waals surface area contributed by atoms with Crippen molar-refractivity contribution < 1.29 is 9.18 Å². The molecule has 0 spiro atoms. The Morgan fingerprint density at radius 2 is 2.20 bits per heavy atom. The van der Waals surface area contributed by atoms with E-state index in [2.05, 4.69) is 11.4 Å². The number of nitrogens with one attached hydrogen (secondary N) is 1. The highest BCUT2D eigenvalue weighted by atomic mass is 35.5. The molecule has 1 amide bonds. The van der Waals surface area contributed by atoms with Crippen LogP contribution in [0.2, 0.25) is 5.02 Å². The topological polar surface area (TPSA) is 52.9 Å². The van der Waals surface area contributed by atoms with Gasteiger partial charge in [-0.25, -0.2) is 4.39 Å². The van der Waals surface area contributed by atoms with Crippen LogP contribution in [0.1, 0.15) is 37.2 Å². The Morgan fingerprint density at radius 1 is 1.45 bits per heavy atom. The summed E-state index contributed by atoms with van der Waals surface area (Å²) in [7, 11) is 0. The maximum atomic E-state index is 13.9. The van der Waals surface area contributed by atoms with Gasteiger partial charge in [-0.2, -0.15) is 5.26 Å². The molecule has 3 rings (SSSR count). The minimum absolute atomic E-state index is 0.109. The van der Waals surface area contributed by atoms with Crippen molar-refractivity contribution in [3.63, 3.8) is 0 Å². The lowest BCUT2D eigenvalue weighted by Gasteiger charge is -2.36. The average Bonchev–Trinajstić information content (AvgIpc) is 3.11. The van der Waals surface area contributed by atoms with Gasteiger partial charge in [-0.15, -0.1) is 0 Å². The first-order valence-corrected chi connectivity index (χ1v) is 7.11. The molecule has 20 heavy (non-hydrogen) atoms. The second kappa shape index (κ2) is 4.75. The van der Waals surface area contributed by atoms with Crippen molar-refractivity contribution >= 4 is 17.5 Å². The maximum absolute atomic E-state index is 13.9. The lowest BCUT2D eigenvalue weighted by molar-refractivity contribution is -0.129. The van der Waals surface area contributed by atoms with E-state index < -0.39 is 5.54 Å². The molecule has 3 nitrogen and oxygen atoms in total. The second-order valence-corrected chi connectivity index (χ2v) is 6.08. The van der Waals surface area contributed by atoms with Crippen molar-refractivity contribution in [3.8, 4) is 6.07 Å². The fourth-order valence-corrected chi connectivity index (χ4v) is 2.87. The van der Waals surface area contributed by atoms with Crippen molar-refractivity contribution in [1.82, 2.24) is 5.32 Å². The molecule has 2 aliphatic carbocycles. The maximum Gasteiger partial charge on any atom is 0.224 e. The molecule has 0 aromatic heterocycles. The molecule has 2 unspecified atom stereocenters. The smallest absolute Gasteiger partial charge is 0.224 e. The molecule has 0 aliphatic heterocycles. The molecule has 5 heteroatoms. The molecule has 104 valence electrons. The zero-order valence-electron chi connectivity index (χ0n) is 10.8. The third-order valence-electron chi connectivity index (χ3n) is 4.30. The number of rotatable bonds is 3. The quantitative estimate of drug-likeness (QED) is 0.930. The number of halogens is 2. The molecule has 1 aromatic rings. The molecule has 0 radical (unpaired) electrons. The van der Waals surface area contributed by atoms with E-state index in [1.54, 1.807) is 12.1 Å². The molecule has 0 saturated heterocycles. The zero-order valence-corrected chi connectivity index (χ0v) is 11.6. The predicted octanol–water partition coefficient (Wildman–Crippen LogP) is 3.15. The first kappa shape index (κ1) is 13.4. The van der Waals surface area contributed by atoms with Crippen LogP contribution in [0.3, 0.4) is 0 Å². The van der Waals surface area contributed by atoms with Gasteiger partial charge in [0.05, 0.1) is 6.07 Å². The first-order chi connectivity index (χ1) is 9.54. The summed E-state index contributed by atoms with van der Waals surface area (Å²) in [6, 6.07) is 6.71. The van der Waals surface area contributed by atoms with Gasteiger partial charge < -0.3 is 5.32 Å². The van der Waals surface area contributed by atoms with Gasteiger partial charge in [0, 0.05) is 10.9 Å². The minimum atomic E-state index is -0.657. The highest BCUT2D eigenvalue weighted by Gasteiger charge is 2.48. The first-order valence-electron chi connectivity index (χ1n) is 6.73. The van der Waals surface area contributed by atoms with Gasteiger partial charge in [-0.1, -0.05) is 17.7 Å². The van der Waals surface area contributed by atoms with Crippen LogP contribution in [0.4, 0.5) is 4.39 Å². The van der Waals surface area contributed by atoms with E-state index in [0.717, 1.165) is 12.8 Å². The predicted molar refractivity (Wildman–Crippen MR) is 72.6 cm³/mol. The van der Waals surface area contributed by atoms with Crippen molar-refractivity contribution in [3.05, 3.63) is 34.6 Å². The standard InChI is InChI=1S/C15H14ClFN2O/c16-9-1-2-11(13(17)7-9)10-3-4-12(10)14(20)19-15(8-18)5-6-15/h1-2,7,10,12H,3-6H2,(H,19,20).